The number of nitrogens with one attached hydrogen (secondary N) is 1. The van der Waals surface area contributed by atoms with Crippen molar-refractivity contribution in [1.82, 2.24) is 20.2 Å². The Hall–Kier alpha value is -1.00. The van der Waals surface area contributed by atoms with Crippen LogP contribution in [0.25, 0.3) is 0 Å². The quantitative estimate of drug-likeness (QED) is 0.685. The van der Waals surface area contributed by atoms with E-state index in [1.807, 2.05) is 6.07 Å². The second-order valence-electron chi connectivity index (χ2n) is 3.23. The second kappa shape index (κ2) is 4.30. The average molecular weight is 178 g/mol. The van der Waals surface area contributed by atoms with Crippen molar-refractivity contribution in [1.29, 1.82) is 0 Å². The van der Waals surface area contributed by atoms with E-state index in [2.05, 4.69) is 20.2 Å². The molecule has 13 heavy (non-hydrogen) atoms. The molecule has 1 aromatic heterocycles. The lowest BCUT2D eigenvalue weighted by molar-refractivity contribution is 0.230. The Morgan fingerprint density at radius 2 is 2.23 bits per heavy atom. The molecule has 1 saturated heterocycles. The van der Waals surface area contributed by atoms with Crippen molar-refractivity contribution in [3.63, 3.8) is 0 Å². The van der Waals surface area contributed by atoms with Gasteiger partial charge < -0.3 is 5.32 Å². The van der Waals surface area contributed by atoms with E-state index < -0.39 is 0 Å². The standard InChI is InChI=1S/C9H14N4/c1-2-11-8-12-9(1)7-13-5-3-10-4-6-13/h1-2,8,10H,3-7H2. The molecule has 0 amide bonds. The molecular weight excluding hydrogens is 164 g/mol. The summed E-state index contributed by atoms with van der Waals surface area (Å²) in [4.78, 5) is 10.5. The summed E-state index contributed by atoms with van der Waals surface area (Å²) < 4.78 is 0. The van der Waals surface area contributed by atoms with E-state index >= 15 is 0 Å². The number of hydrogen-bond acceptors (Lipinski definition) is 4. The Bertz CT molecular complexity index is 243. The van der Waals surface area contributed by atoms with Crippen molar-refractivity contribution in [2.75, 3.05) is 26.2 Å². The number of rotatable bonds is 2. The Kier molecular flexibility index (Phi) is 2.84. The van der Waals surface area contributed by atoms with Crippen molar-refractivity contribution < 1.29 is 0 Å². The van der Waals surface area contributed by atoms with Gasteiger partial charge in [-0.15, -0.1) is 0 Å². The SMILES string of the molecule is c1cc(CN2CCNCC2)ncn1. The van der Waals surface area contributed by atoms with Crippen LogP contribution in [-0.4, -0.2) is 41.0 Å². The minimum atomic E-state index is 0.949. The predicted molar refractivity (Wildman–Crippen MR) is 50.2 cm³/mol. The highest BCUT2D eigenvalue weighted by atomic mass is 15.2. The molecule has 1 fully saturated rings. The summed E-state index contributed by atoms with van der Waals surface area (Å²) in [5, 5.41) is 3.33. The summed E-state index contributed by atoms with van der Waals surface area (Å²) in [6.07, 6.45) is 3.40. The van der Waals surface area contributed by atoms with Crippen LogP contribution in [0, 0.1) is 0 Å². The van der Waals surface area contributed by atoms with Crippen LogP contribution in [0.1, 0.15) is 5.69 Å². The number of piperazine rings is 1. The number of hydrogen-bond donors (Lipinski definition) is 1. The fraction of sp³-hybridized carbons (Fsp3) is 0.556. The summed E-state index contributed by atoms with van der Waals surface area (Å²) >= 11 is 0. The predicted octanol–water partition coefficient (Wildman–Crippen LogP) is -0.118. The second-order valence-corrected chi connectivity index (χ2v) is 3.23. The van der Waals surface area contributed by atoms with Gasteiger partial charge in [0.05, 0.1) is 5.69 Å². The topological polar surface area (TPSA) is 41.0 Å². The van der Waals surface area contributed by atoms with Crippen LogP contribution in [0.5, 0.6) is 0 Å². The monoisotopic (exact) mass is 178 g/mol. The third-order valence-corrected chi connectivity index (χ3v) is 2.24. The molecule has 0 spiro atoms. The van der Waals surface area contributed by atoms with Gasteiger partial charge in [-0.05, 0) is 6.07 Å². The zero-order valence-corrected chi connectivity index (χ0v) is 7.61. The lowest BCUT2D eigenvalue weighted by Crippen LogP contribution is -2.43. The Balaban J connectivity index is 1.90. The van der Waals surface area contributed by atoms with E-state index in [4.69, 9.17) is 0 Å². The molecule has 1 N–H and O–H groups in total. The van der Waals surface area contributed by atoms with Gasteiger partial charge in [-0.2, -0.15) is 0 Å². The lowest BCUT2D eigenvalue weighted by atomic mass is 10.3. The van der Waals surface area contributed by atoms with E-state index in [0.717, 1.165) is 38.4 Å². The zero-order chi connectivity index (χ0) is 8.93. The van der Waals surface area contributed by atoms with Crippen LogP contribution in [-0.2, 0) is 6.54 Å². The molecule has 4 nitrogen and oxygen atoms in total. The highest BCUT2D eigenvalue weighted by Gasteiger charge is 2.09. The molecule has 0 atom stereocenters. The molecule has 0 unspecified atom stereocenters. The van der Waals surface area contributed by atoms with Crippen LogP contribution >= 0.6 is 0 Å². The lowest BCUT2D eigenvalue weighted by Gasteiger charge is -2.26. The third kappa shape index (κ3) is 2.47. The zero-order valence-electron chi connectivity index (χ0n) is 7.61. The molecule has 1 aliphatic rings. The van der Waals surface area contributed by atoms with Crippen LogP contribution in [0.3, 0.4) is 0 Å². The maximum atomic E-state index is 4.20. The first-order valence-electron chi connectivity index (χ1n) is 4.63. The van der Waals surface area contributed by atoms with Crippen LogP contribution in [0.4, 0.5) is 0 Å². The molecule has 2 rings (SSSR count). The van der Waals surface area contributed by atoms with Gasteiger partial charge in [0.25, 0.3) is 0 Å². The first-order valence-corrected chi connectivity index (χ1v) is 4.63. The normalized spacial score (nSPS) is 18.8. The molecule has 0 aliphatic carbocycles. The van der Waals surface area contributed by atoms with Crippen molar-refractivity contribution >= 4 is 0 Å². The Morgan fingerprint density at radius 3 is 2.92 bits per heavy atom. The van der Waals surface area contributed by atoms with Crippen LogP contribution in [0.2, 0.25) is 0 Å². The third-order valence-electron chi connectivity index (χ3n) is 2.24. The van der Waals surface area contributed by atoms with Gasteiger partial charge in [-0.3, -0.25) is 4.90 Å². The van der Waals surface area contributed by atoms with E-state index in [9.17, 15) is 0 Å². The molecule has 0 bridgehead atoms. The van der Waals surface area contributed by atoms with Crippen molar-refractivity contribution in [2.45, 2.75) is 6.54 Å². The maximum Gasteiger partial charge on any atom is 0.115 e. The molecule has 1 aliphatic heterocycles. The summed E-state index contributed by atoms with van der Waals surface area (Å²) in [7, 11) is 0. The van der Waals surface area contributed by atoms with Crippen LogP contribution < -0.4 is 5.32 Å². The van der Waals surface area contributed by atoms with Gasteiger partial charge in [0.1, 0.15) is 6.33 Å². The first-order chi connectivity index (χ1) is 6.45. The molecule has 0 aromatic carbocycles. The summed E-state index contributed by atoms with van der Waals surface area (Å²) in [6.45, 7) is 5.36. The average Bonchev–Trinajstić information content (AvgIpc) is 2.21. The van der Waals surface area contributed by atoms with E-state index in [0.29, 0.717) is 0 Å². The minimum Gasteiger partial charge on any atom is -0.314 e. The molecule has 2 heterocycles. The van der Waals surface area contributed by atoms with Crippen molar-refractivity contribution in [3.05, 3.63) is 24.3 Å². The molecular formula is C9H14N4. The molecule has 70 valence electrons. The fourth-order valence-electron chi connectivity index (χ4n) is 1.51. The van der Waals surface area contributed by atoms with Crippen LogP contribution in [0.15, 0.2) is 18.6 Å². The summed E-state index contributed by atoms with van der Waals surface area (Å²) in [5.41, 5.74) is 1.11. The molecule has 0 radical (unpaired) electrons. The molecule has 1 aromatic rings. The number of nitrogens with zero attached hydrogens (tertiary/aromatic N) is 3. The number of aromatic nitrogens is 2. The van der Waals surface area contributed by atoms with E-state index in [-0.39, 0.29) is 0 Å². The largest absolute Gasteiger partial charge is 0.314 e. The van der Waals surface area contributed by atoms with Gasteiger partial charge in [0.15, 0.2) is 0 Å². The van der Waals surface area contributed by atoms with Crippen molar-refractivity contribution in [2.24, 2.45) is 0 Å². The van der Waals surface area contributed by atoms with Gasteiger partial charge in [-0.25, -0.2) is 9.97 Å². The van der Waals surface area contributed by atoms with E-state index in [1.54, 1.807) is 12.5 Å². The summed E-state index contributed by atoms with van der Waals surface area (Å²) in [5.74, 6) is 0. The van der Waals surface area contributed by atoms with Crippen molar-refractivity contribution in [3.8, 4) is 0 Å². The smallest absolute Gasteiger partial charge is 0.115 e. The van der Waals surface area contributed by atoms with Gasteiger partial charge in [-0.1, -0.05) is 0 Å². The Morgan fingerprint density at radius 1 is 1.38 bits per heavy atom. The fourth-order valence-corrected chi connectivity index (χ4v) is 1.51. The Labute approximate surface area is 78.0 Å². The summed E-state index contributed by atoms with van der Waals surface area (Å²) in [6, 6.07) is 1.97. The van der Waals surface area contributed by atoms with Gasteiger partial charge in [0.2, 0.25) is 0 Å². The van der Waals surface area contributed by atoms with E-state index in [1.165, 1.54) is 0 Å². The highest BCUT2D eigenvalue weighted by molar-refractivity contribution is 4.97. The molecule has 0 saturated carbocycles. The maximum absolute atomic E-state index is 4.20. The molecule has 4 heteroatoms. The minimum absolute atomic E-state index is 0.949. The highest BCUT2D eigenvalue weighted by Crippen LogP contribution is 2.00. The van der Waals surface area contributed by atoms with Gasteiger partial charge >= 0.3 is 0 Å². The van der Waals surface area contributed by atoms with Gasteiger partial charge in [0, 0.05) is 38.9 Å². The first kappa shape index (κ1) is 8.59.